The average Bonchev–Trinajstić information content (AvgIpc) is 2.93. The summed E-state index contributed by atoms with van der Waals surface area (Å²) in [6, 6.07) is 14.0. The van der Waals surface area contributed by atoms with Crippen LogP contribution in [0.2, 0.25) is 0 Å². The Morgan fingerprint density at radius 1 is 1.15 bits per heavy atom. The van der Waals surface area contributed by atoms with Crippen molar-refractivity contribution in [1.82, 2.24) is 4.90 Å². The highest BCUT2D eigenvalue weighted by molar-refractivity contribution is 9.10. The molecule has 7 heteroatoms. The molecule has 0 atom stereocenters. The van der Waals surface area contributed by atoms with Crippen LogP contribution in [0.15, 0.2) is 46.9 Å². The highest BCUT2D eigenvalue weighted by Gasteiger charge is 2.20. The van der Waals surface area contributed by atoms with Gasteiger partial charge in [0.2, 0.25) is 0 Å². The van der Waals surface area contributed by atoms with Crippen molar-refractivity contribution in [1.29, 1.82) is 5.26 Å². The van der Waals surface area contributed by atoms with Gasteiger partial charge in [0.15, 0.2) is 18.2 Å². The Morgan fingerprint density at radius 2 is 1.93 bits per heavy atom. The van der Waals surface area contributed by atoms with E-state index < -0.39 is 5.82 Å². The van der Waals surface area contributed by atoms with Crippen LogP contribution in [0.3, 0.4) is 0 Å². The summed E-state index contributed by atoms with van der Waals surface area (Å²) in [6.45, 7) is 2.56. The predicted octanol–water partition coefficient (Wildman–Crippen LogP) is 3.58. The average molecular weight is 432 g/mol. The maximum absolute atomic E-state index is 13.8. The van der Waals surface area contributed by atoms with E-state index in [-0.39, 0.29) is 18.3 Å². The Morgan fingerprint density at radius 3 is 2.63 bits per heavy atom. The molecule has 0 unspecified atom stereocenters. The number of anilines is 1. The molecule has 1 fully saturated rings. The van der Waals surface area contributed by atoms with Crippen LogP contribution in [0.25, 0.3) is 0 Å². The third-order valence-corrected chi connectivity index (χ3v) is 4.95. The first kappa shape index (κ1) is 19.2. The summed E-state index contributed by atoms with van der Waals surface area (Å²) < 4.78 is 19.8. The highest BCUT2D eigenvalue weighted by atomic mass is 79.9. The smallest absolute Gasteiger partial charge is 0.260 e. The van der Waals surface area contributed by atoms with Gasteiger partial charge in [-0.25, -0.2) is 4.39 Å². The maximum Gasteiger partial charge on any atom is 0.260 e. The molecular formula is C20H19BrFN3O2. The predicted molar refractivity (Wildman–Crippen MR) is 104 cm³/mol. The minimum Gasteiger partial charge on any atom is -0.481 e. The van der Waals surface area contributed by atoms with Crippen LogP contribution in [0, 0.1) is 17.1 Å². The van der Waals surface area contributed by atoms with Gasteiger partial charge in [-0.1, -0.05) is 15.9 Å². The molecule has 27 heavy (non-hydrogen) atoms. The van der Waals surface area contributed by atoms with Crippen molar-refractivity contribution in [2.75, 3.05) is 37.7 Å². The fourth-order valence-electron chi connectivity index (χ4n) is 2.99. The van der Waals surface area contributed by atoms with Crippen LogP contribution in [0.5, 0.6) is 5.75 Å². The van der Waals surface area contributed by atoms with Crippen molar-refractivity contribution in [3.63, 3.8) is 0 Å². The zero-order chi connectivity index (χ0) is 19.2. The summed E-state index contributed by atoms with van der Waals surface area (Å²) in [5.41, 5.74) is 1.67. The zero-order valence-electron chi connectivity index (χ0n) is 14.7. The molecule has 5 nitrogen and oxygen atoms in total. The van der Waals surface area contributed by atoms with Crippen LogP contribution in [0.1, 0.15) is 12.0 Å². The number of benzene rings is 2. The van der Waals surface area contributed by atoms with Gasteiger partial charge in [-0.3, -0.25) is 4.79 Å². The van der Waals surface area contributed by atoms with Crippen molar-refractivity contribution in [3.05, 3.63) is 58.3 Å². The molecule has 0 bridgehead atoms. The minimum absolute atomic E-state index is 0.0700. The first-order chi connectivity index (χ1) is 13.1. The summed E-state index contributed by atoms with van der Waals surface area (Å²) >= 11 is 3.19. The molecule has 1 amide bonds. The molecule has 2 aromatic carbocycles. The highest BCUT2D eigenvalue weighted by Crippen LogP contribution is 2.22. The van der Waals surface area contributed by atoms with Gasteiger partial charge in [0.05, 0.1) is 11.6 Å². The summed E-state index contributed by atoms with van der Waals surface area (Å²) in [4.78, 5) is 16.4. The standard InChI is InChI=1S/C20H19BrFN3O2/c21-16-4-7-19(18(22)12-16)27-14-20(26)25-9-1-8-24(10-11-25)17-5-2-15(13-23)3-6-17/h2-7,12H,1,8-11,14H2. The molecule has 1 aliphatic rings. The lowest BCUT2D eigenvalue weighted by atomic mass is 10.2. The summed E-state index contributed by atoms with van der Waals surface area (Å²) in [5, 5.41) is 8.90. The van der Waals surface area contributed by atoms with E-state index in [0.717, 1.165) is 18.7 Å². The summed E-state index contributed by atoms with van der Waals surface area (Å²) in [7, 11) is 0. The van der Waals surface area contributed by atoms with Gasteiger partial charge in [-0.2, -0.15) is 5.26 Å². The monoisotopic (exact) mass is 431 g/mol. The SMILES string of the molecule is N#Cc1ccc(N2CCCN(C(=O)COc3ccc(Br)cc3F)CC2)cc1. The lowest BCUT2D eigenvalue weighted by molar-refractivity contribution is -0.133. The number of ether oxygens (including phenoxy) is 1. The molecule has 1 saturated heterocycles. The third kappa shape index (κ3) is 4.98. The van der Waals surface area contributed by atoms with E-state index in [9.17, 15) is 9.18 Å². The van der Waals surface area contributed by atoms with E-state index in [1.807, 2.05) is 12.1 Å². The van der Waals surface area contributed by atoms with E-state index >= 15 is 0 Å². The molecule has 0 aromatic heterocycles. The van der Waals surface area contributed by atoms with Crippen LogP contribution < -0.4 is 9.64 Å². The van der Waals surface area contributed by atoms with E-state index in [0.29, 0.717) is 29.7 Å². The number of amides is 1. The minimum atomic E-state index is -0.500. The fourth-order valence-corrected chi connectivity index (χ4v) is 3.33. The molecule has 0 aliphatic carbocycles. The Bertz CT molecular complexity index is 851. The van der Waals surface area contributed by atoms with Crippen molar-refractivity contribution < 1.29 is 13.9 Å². The van der Waals surface area contributed by atoms with Crippen LogP contribution >= 0.6 is 15.9 Å². The molecule has 0 spiro atoms. The molecule has 1 aliphatic heterocycles. The van der Waals surface area contributed by atoms with Crippen molar-refractivity contribution in [3.8, 4) is 11.8 Å². The quantitative estimate of drug-likeness (QED) is 0.742. The molecule has 0 saturated carbocycles. The van der Waals surface area contributed by atoms with Crippen LogP contribution in [0.4, 0.5) is 10.1 Å². The second-order valence-corrected chi connectivity index (χ2v) is 7.16. The topological polar surface area (TPSA) is 56.6 Å². The number of hydrogen-bond acceptors (Lipinski definition) is 4. The summed E-state index contributed by atoms with van der Waals surface area (Å²) in [5.74, 6) is -0.584. The number of hydrogen-bond donors (Lipinski definition) is 0. The lowest BCUT2D eigenvalue weighted by Gasteiger charge is -2.23. The lowest BCUT2D eigenvalue weighted by Crippen LogP contribution is -2.38. The maximum atomic E-state index is 13.8. The molecule has 2 aromatic rings. The van der Waals surface area contributed by atoms with Gasteiger partial charge < -0.3 is 14.5 Å². The molecular weight excluding hydrogens is 413 g/mol. The zero-order valence-corrected chi connectivity index (χ0v) is 16.3. The Hall–Kier alpha value is -2.59. The van der Waals surface area contributed by atoms with Gasteiger partial charge in [-0.05, 0) is 48.9 Å². The number of nitrogens with zero attached hydrogens (tertiary/aromatic N) is 3. The first-order valence-corrected chi connectivity index (χ1v) is 9.47. The van der Waals surface area contributed by atoms with Gasteiger partial charge >= 0.3 is 0 Å². The summed E-state index contributed by atoms with van der Waals surface area (Å²) in [6.07, 6.45) is 0.832. The Balaban J connectivity index is 1.55. The van der Waals surface area contributed by atoms with Crippen LogP contribution in [-0.2, 0) is 4.79 Å². The molecule has 0 radical (unpaired) electrons. The van der Waals surface area contributed by atoms with E-state index in [2.05, 4.69) is 26.9 Å². The van der Waals surface area contributed by atoms with Crippen LogP contribution in [-0.4, -0.2) is 43.6 Å². The number of nitriles is 1. The third-order valence-electron chi connectivity index (χ3n) is 4.46. The molecule has 1 heterocycles. The second kappa shape index (κ2) is 8.87. The van der Waals surface area contributed by atoms with Gasteiger partial charge in [-0.15, -0.1) is 0 Å². The Kier molecular flexibility index (Phi) is 6.30. The molecule has 0 N–H and O–H groups in total. The fraction of sp³-hybridized carbons (Fsp3) is 0.300. The van der Waals surface area contributed by atoms with E-state index in [1.165, 1.54) is 12.1 Å². The van der Waals surface area contributed by atoms with Gasteiger partial charge in [0, 0.05) is 36.3 Å². The molecule has 3 rings (SSSR count). The number of carbonyl (C=O) groups excluding carboxylic acids is 1. The van der Waals surface area contributed by atoms with E-state index in [1.54, 1.807) is 23.1 Å². The van der Waals surface area contributed by atoms with Crippen molar-refractivity contribution in [2.24, 2.45) is 0 Å². The number of halogens is 2. The van der Waals surface area contributed by atoms with Crippen molar-refractivity contribution in [2.45, 2.75) is 6.42 Å². The Labute approximate surface area is 166 Å². The van der Waals surface area contributed by atoms with E-state index in [4.69, 9.17) is 10.00 Å². The largest absolute Gasteiger partial charge is 0.481 e. The molecule has 140 valence electrons. The number of carbonyl (C=O) groups is 1. The van der Waals surface area contributed by atoms with Gasteiger partial charge in [0.25, 0.3) is 5.91 Å². The van der Waals surface area contributed by atoms with Gasteiger partial charge in [0.1, 0.15) is 0 Å². The first-order valence-electron chi connectivity index (χ1n) is 8.67. The second-order valence-electron chi connectivity index (χ2n) is 6.24. The number of rotatable bonds is 4. The normalized spacial score (nSPS) is 14.4. The van der Waals surface area contributed by atoms with Crippen molar-refractivity contribution >= 4 is 27.5 Å².